The fourth-order valence-corrected chi connectivity index (χ4v) is 5.89. The first-order valence-electron chi connectivity index (χ1n) is 13.0. The summed E-state index contributed by atoms with van der Waals surface area (Å²) in [6.07, 6.45) is -0.0984. The molecular formula is C24H35N8O6P. The Bertz CT molecular complexity index is 1290. The minimum atomic E-state index is -1.58. The summed E-state index contributed by atoms with van der Waals surface area (Å²) in [4.78, 5) is 30.9. The lowest BCUT2D eigenvalue weighted by atomic mass is 10.2. The summed E-state index contributed by atoms with van der Waals surface area (Å²) >= 11 is 0. The third-order valence-electron chi connectivity index (χ3n) is 5.77. The van der Waals surface area contributed by atoms with E-state index in [0.29, 0.717) is 6.42 Å². The van der Waals surface area contributed by atoms with Crippen molar-refractivity contribution in [1.82, 2.24) is 35.1 Å². The van der Waals surface area contributed by atoms with Crippen LogP contribution in [0.1, 0.15) is 52.5 Å². The summed E-state index contributed by atoms with van der Waals surface area (Å²) in [5.41, 5.74) is 0.0230. The summed E-state index contributed by atoms with van der Waals surface area (Å²) in [5, 5.41) is 23.4. The van der Waals surface area contributed by atoms with E-state index in [1.54, 1.807) is 0 Å². The molecule has 15 heteroatoms. The van der Waals surface area contributed by atoms with Gasteiger partial charge in [-0.2, -0.15) is 10.4 Å². The number of fused-ring (bicyclic) bond motifs is 1. The van der Waals surface area contributed by atoms with Crippen LogP contribution in [0.2, 0.25) is 0 Å². The van der Waals surface area contributed by atoms with Crippen LogP contribution in [0, 0.1) is 23.2 Å². The molecule has 39 heavy (non-hydrogen) atoms. The highest BCUT2D eigenvalue weighted by atomic mass is 31.2. The molecule has 0 bridgehead atoms. The average molecular weight is 564 g/mol. The molecule has 1 aliphatic rings. The molecule has 2 amide bonds. The van der Waals surface area contributed by atoms with Gasteiger partial charge < -0.3 is 34.5 Å². The van der Waals surface area contributed by atoms with E-state index in [9.17, 15) is 9.59 Å². The number of rotatable bonds is 12. The number of ether oxygens (including phenoxy) is 1. The van der Waals surface area contributed by atoms with Crippen LogP contribution < -0.4 is 16.2 Å². The van der Waals surface area contributed by atoms with Gasteiger partial charge in [-0.3, -0.25) is 4.79 Å². The second-order valence-electron chi connectivity index (χ2n) is 9.18. The van der Waals surface area contributed by atoms with Crippen molar-refractivity contribution in [3.8, 4) is 17.9 Å². The highest BCUT2D eigenvalue weighted by Gasteiger charge is 2.42. The second-order valence-corrected chi connectivity index (χ2v) is 10.6. The number of carbonyl (C=O) groups excluding carboxylic acids is 1. The predicted octanol–water partition coefficient (Wildman–Crippen LogP) is 1.34. The third-order valence-corrected chi connectivity index (χ3v) is 7.93. The van der Waals surface area contributed by atoms with Crippen molar-refractivity contribution in [1.29, 1.82) is 6.69 Å². The van der Waals surface area contributed by atoms with Crippen LogP contribution in [-0.4, -0.2) is 88.1 Å². The number of nitrogens with zero attached hydrogens (tertiary/aromatic N) is 5. The van der Waals surface area contributed by atoms with Crippen molar-refractivity contribution in [2.45, 2.75) is 71.1 Å². The molecule has 212 valence electrons. The van der Waals surface area contributed by atoms with E-state index in [4.69, 9.17) is 20.5 Å². The van der Waals surface area contributed by atoms with E-state index in [-0.39, 0.29) is 61.0 Å². The summed E-state index contributed by atoms with van der Waals surface area (Å²) in [7, 11) is -0.0874. The lowest BCUT2D eigenvalue weighted by Gasteiger charge is -2.37. The summed E-state index contributed by atoms with van der Waals surface area (Å²) in [6, 6.07) is 1.89. The number of carbonyl (C=O) groups is 1. The Morgan fingerprint density at radius 2 is 2.23 bits per heavy atom. The Hall–Kier alpha value is -3.10. The quantitative estimate of drug-likeness (QED) is 0.167. The molecule has 4 N–H and O–H groups in total. The number of hydrogen-bond donors (Lipinski definition) is 4. The van der Waals surface area contributed by atoms with Crippen LogP contribution in [0.3, 0.4) is 0 Å². The van der Waals surface area contributed by atoms with Gasteiger partial charge in [0.05, 0.1) is 44.7 Å². The van der Waals surface area contributed by atoms with E-state index >= 15 is 0 Å². The maximum atomic E-state index is 12.7. The fourth-order valence-electron chi connectivity index (χ4n) is 4.13. The molecule has 1 aliphatic heterocycles. The molecule has 2 aromatic heterocycles. The normalized spacial score (nSPS) is 20.1. The number of H-pyrrole nitrogens is 1. The number of aromatic nitrogens is 4. The van der Waals surface area contributed by atoms with Crippen molar-refractivity contribution in [2.75, 3.05) is 26.8 Å². The fraction of sp³-hybridized carbons (Fsp3) is 0.625. The minimum absolute atomic E-state index is 0.0441. The first-order chi connectivity index (χ1) is 19.2. The number of nitriles is 1. The van der Waals surface area contributed by atoms with E-state index in [2.05, 4.69) is 53.4 Å². The zero-order valence-corrected chi connectivity index (χ0v) is 23.5. The van der Waals surface area contributed by atoms with E-state index in [1.807, 2.05) is 27.7 Å². The number of aromatic amines is 1. The minimum Gasteiger partial charge on any atom is -0.394 e. The smallest absolute Gasteiger partial charge is 0.315 e. The molecule has 4 atom stereocenters. The SMILES string of the molecule is [2H]OCC1OC(n2nc(C#CCNC(=O)NC)c3c(=O)[nH]cnc32)CC1OP(OCCC#N)N(C(C)C)C(C)C. The van der Waals surface area contributed by atoms with Crippen LogP contribution in [-0.2, 0) is 13.8 Å². The van der Waals surface area contributed by atoms with Gasteiger partial charge in [-0.05, 0) is 33.6 Å². The zero-order valence-electron chi connectivity index (χ0n) is 23.6. The average Bonchev–Trinajstić information content (AvgIpc) is 3.48. The first kappa shape index (κ1) is 28.9. The lowest BCUT2D eigenvalue weighted by molar-refractivity contribution is -0.0451. The van der Waals surface area contributed by atoms with Crippen LogP contribution in [0.15, 0.2) is 11.1 Å². The van der Waals surface area contributed by atoms with E-state index < -0.39 is 32.5 Å². The van der Waals surface area contributed by atoms with Crippen LogP contribution in [0.4, 0.5) is 4.79 Å². The molecule has 0 aromatic carbocycles. The summed E-state index contributed by atoms with van der Waals surface area (Å²) in [6.45, 7) is 8.33. The van der Waals surface area contributed by atoms with Crippen molar-refractivity contribution in [3.05, 3.63) is 22.4 Å². The van der Waals surface area contributed by atoms with Gasteiger partial charge in [0.2, 0.25) is 1.43 Å². The van der Waals surface area contributed by atoms with Crippen LogP contribution in [0.25, 0.3) is 11.0 Å². The molecule has 1 saturated heterocycles. The highest BCUT2D eigenvalue weighted by molar-refractivity contribution is 7.44. The van der Waals surface area contributed by atoms with Gasteiger partial charge >= 0.3 is 6.03 Å². The van der Waals surface area contributed by atoms with E-state index in [0.717, 1.165) is 0 Å². The monoisotopic (exact) mass is 563 g/mol. The number of aliphatic hydroxyl groups excluding tert-OH is 1. The molecule has 3 rings (SSSR count). The molecule has 1 fully saturated rings. The third kappa shape index (κ3) is 7.51. The van der Waals surface area contributed by atoms with Crippen LogP contribution >= 0.6 is 8.53 Å². The largest absolute Gasteiger partial charge is 0.394 e. The van der Waals surface area contributed by atoms with Gasteiger partial charge in [0.1, 0.15) is 11.5 Å². The molecule has 0 aliphatic carbocycles. The number of aliphatic hydroxyl groups is 1. The molecule has 3 heterocycles. The van der Waals surface area contributed by atoms with Gasteiger partial charge in [-0.25, -0.2) is 19.1 Å². The second kappa shape index (κ2) is 14.3. The van der Waals surface area contributed by atoms with Crippen molar-refractivity contribution >= 4 is 25.6 Å². The molecular weight excluding hydrogens is 527 g/mol. The number of nitrogens with one attached hydrogen (secondary N) is 3. The molecule has 2 aromatic rings. The molecule has 0 radical (unpaired) electrons. The van der Waals surface area contributed by atoms with Gasteiger partial charge in [0.25, 0.3) is 14.1 Å². The molecule has 4 unspecified atom stereocenters. The maximum absolute atomic E-state index is 12.7. The first-order valence-corrected chi connectivity index (χ1v) is 13.7. The van der Waals surface area contributed by atoms with Gasteiger partial charge in [-0.1, -0.05) is 5.92 Å². The number of amides is 2. The molecule has 0 saturated carbocycles. The lowest BCUT2D eigenvalue weighted by Crippen LogP contribution is -2.36. The van der Waals surface area contributed by atoms with Crippen molar-refractivity contribution < 1.29 is 23.7 Å². The van der Waals surface area contributed by atoms with Crippen molar-refractivity contribution in [2.24, 2.45) is 0 Å². The predicted molar refractivity (Wildman–Crippen MR) is 143 cm³/mol. The summed E-state index contributed by atoms with van der Waals surface area (Å²) < 4.78 is 29.6. The Morgan fingerprint density at radius 3 is 2.90 bits per heavy atom. The number of hydrogen-bond acceptors (Lipinski definition) is 10. The van der Waals surface area contributed by atoms with Crippen molar-refractivity contribution in [3.63, 3.8) is 0 Å². The highest BCUT2D eigenvalue weighted by Crippen LogP contribution is 2.50. The maximum Gasteiger partial charge on any atom is 0.315 e. The van der Waals surface area contributed by atoms with Gasteiger partial charge in [-0.15, -0.1) is 0 Å². The number of urea groups is 1. The van der Waals surface area contributed by atoms with Gasteiger partial charge in [0, 0.05) is 25.6 Å². The zero-order chi connectivity index (χ0) is 29.2. The Labute approximate surface area is 229 Å². The standard InChI is InChI=1S/C24H35N8O6P/c1-15(2)32(16(3)4)39(36-11-7-9-25)38-18-12-20(37-19(18)13-33)31-22-21(23(34)29-14-28-22)17(30-31)8-6-10-27-24(35)26-5/h14-16,18-20,33H,7,10-13H2,1-5H3,(H2,26,27,35)(H,28,29,34)/i33D. The Morgan fingerprint density at radius 1 is 1.46 bits per heavy atom. The summed E-state index contributed by atoms with van der Waals surface area (Å²) in [5.74, 6) is 5.61. The Kier molecular flexibility index (Phi) is 10.6. The molecule has 0 spiro atoms. The van der Waals surface area contributed by atoms with Crippen LogP contribution in [0.5, 0.6) is 0 Å². The topological polar surface area (TPSA) is 180 Å². The van der Waals surface area contributed by atoms with Gasteiger partial charge in [0.15, 0.2) is 17.6 Å². The van der Waals surface area contributed by atoms with E-state index in [1.165, 1.54) is 18.1 Å². The Balaban J connectivity index is 1.91. The molecule has 14 nitrogen and oxygen atoms in total.